The monoisotopic (exact) mass is 350 g/mol. The van der Waals surface area contributed by atoms with Gasteiger partial charge in [-0.3, -0.25) is 4.90 Å². The minimum absolute atomic E-state index is 0.298. The number of rotatable bonds is 2. The predicted molar refractivity (Wildman–Crippen MR) is 98.3 cm³/mol. The number of benzene rings is 2. The summed E-state index contributed by atoms with van der Waals surface area (Å²) in [6, 6.07) is 8.26. The minimum Gasteiger partial charge on any atom is -0.493 e. The number of methoxy groups -OCH3 is 2. The third kappa shape index (κ3) is 2.01. The van der Waals surface area contributed by atoms with Gasteiger partial charge in [0.25, 0.3) is 0 Å². The lowest BCUT2D eigenvalue weighted by atomic mass is 9.87. The van der Waals surface area contributed by atoms with Crippen molar-refractivity contribution in [3.8, 4) is 23.0 Å². The highest BCUT2D eigenvalue weighted by Crippen LogP contribution is 2.43. The summed E-state index contributed by atoms with van der Waals surface area (Å²) in [5.74, 6) is 3.22. The van der Waals surface area contributed by atoms with Gasteiger partial charge in [-0.25, -0.2) is 0 Å². The van der Waals surface area contributed by atoms with E-state index in [2.05, 4.69) is 31.3 Å². The summed E-state index contributed by atoms with van der Waals surface area (Å²) in [6.07, 6.45) is 4.35. The molecule has 3 heterocycles. The fraction of sp³-hybridized carbons (Fsp3) is 0.238. The fourth-order valence-corrected chi connectivity index (χ4v) is 4.17. The second-order valence-electron chi connectivity index (χ2n) is 6.66. The molecule has 0 bridgehead atoms. The molecule has 3 aliphatic heterocycles. The van der Waals surface area contributed by atoms with E-state index in [9.17, 15) is 0 Å². The molecule has 2 aromatic carbocycles. The van der Waals surface area contributed by atoms with Gasteiger partial charge >= 0.3 is 0 Å². The largest absolute Gasteiger partial charge is 0.493 e. The molecular formula is C21H20NO4+. The standard InChI is InChI=1S/C21H19NO4/c1-12-14-4-5-17-21(26-11-25-17)16(14)10-22-7-6-13-8-18(23-2)19(24-3)9-15(13)20(12)22/h4-9H,10-11H2,1-3H3/p+1. The third-order valence-electron chi connectivity index (χ3n) is 5.40. The van der Waals surface area contributed by atoms with E-state index in [1.165, 1.54) is 32.9 Å². The van der Waals surface area contributed by atoms with Gasteiger partial charge in [-0.2, -0.15) is 0 Å². The molecular weight excluding hydrogens is 330 g/mol. The average Bonchev–Trinajstić information content (AvgIpc) is 3.15. The number of fused-ring (bicyclic) bond motifs is 6. The lowest BCUT2D eigenvalue weighted by molar-refractivity contribution is -0.783. The van der Waals surface area contributed by atoms with Crippen LogP contribution in [0.3, 0.4) is 0 Å². The lowest BCUT2D eigenvalue weighted by Crippen LogP contribution is -3.04. The smallest absolute Gasteiger partial charge is 0.231 e. The predicted octanol–water partition coefficient (Wildman–Crippen LogP) is 2.70. The molecule has 1 unspecified atom stereocenters. The van der Waals surface area contributed by atoms with Gasteiger partial charge in [-0.15, -0.1) is 0 Å². The lowest BCUT2D eigenvalue weighted by Gasteiger charge is -2.30. The normalized spacial score (nSPS) is 19.0. The maximum absolute atomic E-state index is 5.74. The van der Waals surface area contributed by atoms with Gasteiger partial charge < -0.3 is 18.9 Å². The van der Waals surface area contributed by atoms with E-state index < -0.39 is 0 Å². The Morgan fingerprint density at radius 1 is 1.00 bits per heavy atom. The summed E-state index contributed by atoms with van der Waals surface area (Å²) in [7, 11) is 3.34. The van der Waals surface area contributed by atoms with Crippen molar-refractivity contribution in [1.82, 2.24) is 0 Å². The van der Waals surface area contributed by atoms with Gasteiger partial charge in [-0.05, 0) is 42.3 Å². The average molecular weight is 350 g/mol. The van der Waals surface area contributed by atoms with Crippen molar-refractivity contribution in [3.63, 3.8) is 0 Å². The Kier molecular flexibility index (Phi) is 3.27. The third-order valence-corrected chi connectivity index (χ3v) is 5.40. The van der Waals surface area contributed by atoms with E-state index in [0.717, 1.165) is 35.1 Å². The van der Waals surface area contributed by atoms with Crippen LogP contribution in [0.25, 0.3) is 17.3 Å². The Labute approximate surface area is 152 Å². The van der Waals surface area contributed by atoms with Gasteiger partial charge in [-0.1, -0.05) is 6.07 Å². The van der Waals surface area contributed by atoms with Crippen LogP contribution in [0.5, 0.6) is 23.0 Å². The van der Waals surface area contributed by atoms with Gasteiger partial charge in [0.05, 0.1) is 19.8 Å². The number of hydrogen-bond acceptors (Lipinski definition) is 4. The van der Waals surface area contributed by atoms with Crippen LogP contribution >= 0.6 is 0 Å². The molecule has 5 heteroatoms. The molecule has 2 aromatic rings. The van der Waals surface area contributed by atoms with Crippen LogP contribution in [0.2, 0.25) is 0 Å². The van der Waals surface area contributed by atoms with Crippen molar-refractivity contribution in [3.05, 3.63) is 52.7 Å². The highest BCUT2D eigenvalue weighted by molar-refractivity contribution is 5.92. The molecule has 0 radical (unpaired) electrons. The highest BCUT2D eigenvalue weighted by Gasteiger charge is 2.35. The summed E-state index contributed by atoms with van der Waals surface area (Å²) >= 11 is 0. The van der Waals surface area contributed by atoms with Crippen LogP contribution in [0.4, 0.5) is 0 Å². The first-order chi connectivity index (χ1) is 12.7. The Balaban J connectivity index is 1.74. The van der Waals surface area contributed by atoms with Crippen LogP contribution in [-0.2, 0) is 6.54 Å². The summed E-state index contributed by atoms with van der Waals surface area (Å²) in [6.45, 7) is 3.31. The number of ether oxygens (including phenoxy) is 4. The maximum atomic E-state index is 5.74. The number of nitrogens with one attached hydrogen (secondary N) is 1. The quantitative estimate of drug-likeness (QED) is 0.904. The summed E-state index contributed by atoms with van der Waals surface area (Å²) in [5, 5.41) is 0. The Morgan fingerprint density at radius 3 is 2.62 bits per heavy atom. The SMILES string of the molecule is COc1cc2c(cc1OC)C1=C(C)c3ccc4c(c3C[NH+]1C=C2)OCO4. The zero-order valence-corrected chi connectivity index (χ0v) is 15.0. The van der Waals surface area contributed by atoms with Crippen molar-refractivity contribution in [2.24, 2.45) is 0 Å². The van der Waals surface area contributed by atoms with Gasteiger partial charge in [0.15, 0.2) is 23.0 Å². The molecule has 132 valence electrons. The molecule has 5 nitrogen and oxygen atoms in total. The Hall–Kier alpha value is -2.92. The van der Waals surface area contributed by atoms with E-state index in [0.29, 0.717) is 6.79 Å². The number of allylic oxidation sites excluding steroid dienone is 1. The number of hydrogen-bond donors (Lipinski definition) is 1. The zero-order chi connectivity index (χ0) is 17.8. The summed E-state index contributed by atoms with van der Waals surface area (Å²) < 4.78 is 22.3. The van der Waals surface area contributed by atoms with Crippen LogP contribution in [0.1, 0.15) is 29.2 Å². The van der Waals surface area contributed by atoms with Crippen LogP contribution in [0.15, 0.2) is 30.5 Å². The molecule has 0 amide bonds. The van der Waals surface area contributed by atoms with Gasteiger partial charge in [0, 0.05) is 11.1 Å². The minimum atomic E-state index is 0.298. The second-order valence-corrected chi connectivity index (χ2v) is 6.66. The zero-order valence-electron chi connectivity index (χ0n) is 15.0. The molecule has 26 heavy (non-hydrogen) atoms. The molecule has 1 atom stereocenters. The second kappa shape index (κ2) is 5.54. The van der Waals surface area contributed by atoms with E-state index in [1.807, 2.05) is 12.1 Å². The van der Waals surface area contributed by atoms with Crippen LogP contribution in [-0.4, -0.2) is 21.0 Å². The summed E-state index contributed by atoms with van der Waals surface area (Å²) in [5.41, 5.74) is 7.28. The fourth-order valence-electron chi connectivity index (χ4n) is 4.17. The molecule has 0 aliphatic carbocycles. The van der Waals surface area contributed by atoms with Gasteiger partial charge in [0.1, 0.15) is 18.4 Å². The summed E-state index contributed by atoms with van der Waals surface area (Å²) in [4.78, 5) is 1.29. The molecule has 0 fully saturated rings. The molecule has 0 saturated carbocycles. The van der Waals surface area contributed by atoms with Gasteiger partial charge in [0.2, 0.25) is 6.79 Å². The topological polar surface area (TPSA) is 41.4 Å². The van der Waals surface area contributed by atoms with Crippen molar-refractivity contribution in [2.45, 2.75) is 13.5 Å². The van der Waals surface area contributed by atoms with Crippen molar-refractivity contribution in [1.29, 1.82) is 0 Å². The van der Waals surface area contributed by atoms with E-state index in [1.54, 1.807) is 14.2 Å². The van der Waals surface area contributed by atoms with Crippen molar-refractivity contribution < 1.29 is 23.8 Å². The van der Waals surface area contributed by atoms with Crippen molar-refractivity contribution >= 4 is 17.3 Å². The molecule has 3 aliphatic rings. The Bertz CT molecular complexity index is 990. The molecule has 0 spiro atoms. The maximum Gasteiger partial charge on any atom is 0.231 e. The molecule has 0 saturated heterocycles. The number of quaternary nitrogens is 1. The van der Waals surface area contributed by atoms with Crippen molar-refractivity contribution in [2.75, 3.05) is 21.0 Å². The first kappa shape index (κ1) is 15.3. The molecule has 0 aromatic heterocycles. The van der Waals surface area contributed by atoms with E-state index in [-0.39, 0.29) is 0 Å². The van der Waals surface area contributed by atoms with Crippen LogP contribution in [0, 0.1) is 0 Å². The van der Waals surface area contributed by atoms with Crippen LogP contribution < -0.4 is 23.8 Å². The van der Waals surface area contributed by atoms with E-state index >= 15 is 0 Å². The first-order valence-corrected chi connectivity index (χ1v) is 8.64. The molecule has 5 rings (SSSR count). The highest BCUT2D eigenvalue weighted by atomic mass is 16.7. The first-order valence-electron chi connectivity index (χ1n) is 8.64. The Morgan fingerprint density at radius 2 is 1.81 bits per heavy atom. The van der Waals surface area contributed by atoms with E-state index in [4.69, 9.17) is 18.9 Å². The molecule has 1 N–H and O–H groups in total.